The van der Waals surface area contributed by atoms with Crippen LogP contribution in [0.4, 0.5) is 5.69 Å². The molecule has 7 rings (SSSR count). The molecule has 0 spiro atoms. The van der Waals surface area contributed by atoms with E-state index in [-0.39, 0.29) is 29.4 Å². The highest BCUT2D eigenvalue weighted by Crippen LogP contribution is 2.67. The van der Waals surface area contributed by atoms with Crippen molar-refractivity contribution in [1.82, 2.24) is 0 Å². The van der Waals surface area contributed by atoms with Crippen LogP contribution in [0.3, 0.4) is 0 Å². The van der Waals surface area contributed by atoms with Crippen molar-refractivity contribution in [1.29, 1.82) is 0 Å². The molecule has 0 unspecified atom stereocenters. The molecule has 1 aliphatic heterocycles. The largest absolute Gasteiger partial charge is 0.508 e. The van der Waals surface area contributed by atoms with Gasteiger partial charge in [0.1, 0.15) is 5.75 Å². The van der Waals surface area contributed by atoms with Crippen LogP contribution >= 0.6 is 0 Å². The molecule has 3 aromatic carbocycles. The number of hydrogen-bond donors (Lipinski definition) is 1. The van der Waals surface area contributed by atoms with Gasteiger partial charge in [0.05, 0.1) is 17.0 Å². The summed E-state index contributed by atoms with van der Waals surface area (Å²) in [7, 11) is 0. The summed E-state index contributed by atoms with van der Waals surface area (Å²) in [6.45, 7) is 1.95. The first-order valence-electron chi connectivity index (χ1n) is 9.88. The minimum Gasteiger partial charge on any atom is -0.508 e. The van der Waals surface area contributed by atoms with Crippen molar-refractivity contribution in [3.05, 3.63) is 95.1 Å². The van der Waals surface area contributed by atoms with Crippen LogP contribution in [0, 0.1) is 11.3 Å². The number of nitrogens with zero attached hydrogens (tertiary/aromatic N) is 1. The third-order valence-corrected chi connectivity index (χ3v) is 7.10. The number of rotatable bonds is 1. The zero-order valence-electron chi connectivity index (χ0n) is 15.9. The molecule has 0 saturated carbocycles. The molecule has 3 aliphatic carbocycles. The van der Waals surface area contributed by atoms with Crippen molar-refractivity contribution >= 4 is 17.5 Å². The number of benzene rings is 3. The van der Waals surface area contributed by atoms with Crippen molar-refractivity contribution in [3.63, 3.8) is 0 Å². The lowest BCUT2D eigenvalue weighted by Gasteiger charge is -2.51. The van der Waals surface area contributed by atoms with Crippen molar-refractivity contribution in [3.8, 4) is 5.75 Å². The number of carbonyl (C=O) groups is 2. The molecule has 1 saturated heterocycles. The second-order valence-corrected chi connectivity index (χ2v) is 8.43. The zero-order valence-corrected chi connectivity index (χ0v) is 15.9. The first-order chi connectivity index (χ1) is 14.0. The van der Waals surface area contributed by atoms with E-state index in [1.807, 2.05) is 31.2 Å². The van der Waals surface area contributed by atoms with Crippen LogP contribution in [0.5, 0.6) is 5.75 Å². The first-order valence-corrected chi connectivity index (χ1v) is 9.88. The fraction of sp³-hybridized carbons (Fsp3) is 0.200. The number of phenolic OH excluding ortho intramolecular Hbond substituents is 1. The maximum atomic E-state index is 13.8. The van der Waals surface area contributed by atoms with Gasteiger partial charge in [-0.3, -0.25) is 9.59 Å². The van der Waals surface area contributed by atoms with Crippen LogP contribution in [0.15, 0.2) is 72.8 Å². The number of phenols is 1. The molecule has 1 N–H and O–H groups in total. The van der Waals surface area contributed by atoms with Gasteiger partial charge in [-0.15, -0.1) is 0 Å². The zero-order chi connectivity index (χ0) is 19.9. The molecule has 1 fully saturated rings. The summed E-state index contributed by atoms with van der Waals surface area (Å²) in [5, 5.41) is 9.92. The summed E-state index contributed by atoms with van der Waals surface area (Å²) in [5.41, 5.74) is 4.18. The van der Waals surface area contributed by atoms with Gasteiger partial charge >= 0.3 is 0 Å². The molecule has 2 bridgehead atoms. The number of aromatic hydroxyl groups is 1. The number of amides is 2. The average Bonchev–Trinajstić information content (AvgIpc) is 2.94. The Balaban J connectivity index is 1.63. The number of hydrogen-bond acceptors (Lipinski definition) is 3. The van der Waals surface area contributed by atoms with Gasteiger partial charge in [0.25, 0.3) is 0 Å². The molecular weight excluding hydrogens is 362 g/mol. The predicted molar refractivity (Wildman–Crippen MR) is 109 cm³/mol. The van der Waals surface area contributed by atoms with Crippen LogP contribution in [0.25, 0.3) is 0 Å². The number of anilines is 1. The third kappa shape index (κ3) is 1.84. The smallest absolute Gasteiger partial charge is 0.241 e. The second-order valence-electron chi connectivity index (χ2n) is 8.43. The summed E-state index contributed by atoms with van der Waals surface area (Å²) in [6.07, 6.45) is 0. The summed E-state index contributed by atoms with van der Waals surface area (Å²) in [5.74, 6) is -1.08. The Morgan fingerprint density at radius 2 is 1.41 bits per heavy atom. The van der Waals surface area contributed by atoms with Gasteiger partial charge in [0.15, 0.2) is 0 Å². The predicted octanol–water partition coefficient (Wildman–Crippen LogP) is 4.18. The standard InChI is InChI=1S/C25H19NO3/c1-25-21-18-11-4-2-9-16(18)20(17-10-3-5-12-19(17)21)22(25)23(28)26(24(25)29)14-7-6-8-15(27)13-14/h2-13,20-22,27H,1H3/t20?,21?,22-,25-/m1/s1. The Morgan fingerprint density at radius 1 is 0.828 bits per heavy atom. The lowest BCUT2D eigenvalue weighted by atomic mass is 9.48. The highest BCUT2D eigenvalue weighted by atomic mass is 16.3. The SMILES string of the molecule is C[C@]12C(=O)N(c3cccc(O)c3)C(=O)[C@H]1C1c3ccccc3C2c2ccccc21. The molecule has 2 atom stereocenters. The fourth-order valence-electron chi connectivity index (χ4n) is 5.99. The van der Waals surface area contributed by atoms with Crippen LogP contribution in [0.2, 0.25) is 0 Å². The van der Waals surface area contributed by atoms with Crippen LogP contribution in [0.1, 0.15) is 41.0 Å². The Kier molecular flexibility index (Phi) is 3.05. The fourth-order valence-corrected chi connectivity index (χ4v) is 5.99. The quantitative estimate of drug-likeness (QED) is 0.644. The highest BCUT2D eigenvalue weighted by Gasteiger charge is 2.68. The third-order valence-electron chi connectivity index (χ3n) is 7.10. The minimum absolute atomic E-state index is 0.0395. The van der Waals surface area contributed by atoms with Crippen molar-refractivity contribution < 1.29 is 14.7 Å². The van der Waals surface area contributed by atoms with E-state index in [0.29, 0.717) is 5.69 Å². The van der Waals surface area contributed by atoms with E-state index in [9.17, 15) is 14.7 Å². The molecule has 3 aromatic rings. The first kappa shape index (κ1) is 16.5. The molecular formula is C25H19NO3. The lowest BCUT2D eigenvalue weighted by Crippen LogP contribution is -2.49. The summed E-state index contributed by atoms with van der Waals surface area (Å²) < 4.78 is 0. The van der Waals surface area contributed by atoms with E-state index >= 15 is 0 Å². The van der Waals surface area contributed by atoms with Crippen molar-refractivity contribution in [2.24, 2.45) is 11.3 Å². The monoisotopic (exact) mass is 381 g/mol. The molecule has 4 aliphatic rings. The van der Waals surface area contributed by atoms with Crippen LogP contribution in [-0.2, 0) is 9.59 Å². The Bertz CT molecular complexity index is 1170. The molecule has 2 amide bonds. The Hall–Kier alpha value is -3.40. The maximum Gasteiger partial charge on any atom is 0.241 e. The van der Waals surface area contributed by atoms with Crippen LogP contribution in [-0.4, -0.2) is 16.9 Å². The van der Waals surface area contributed by atoms with Gasteiger partial charge in [-0.2, -0.15) is 0 Å². The van der Waals surface area contributed by atoms with Gasteiger partial charge in [-0.25, -0.2) is 4.90 Å². The van der Waals surface area contributed by atoms with Gasteiger partial charge in [-0.1, -0.05) is 54.6 Å². The van der Waals surface area contributed by atoms with Gasteiger partial charge in [0, 0.05) is 17.9 Å². The molecule has 1 heterocycles. The molecule has 142 valence electrons. The molecule has 29 heavy (non-hydrogen) atoms. The Labute approximate surface area is 168 Å². The lowest BCUT2D eigenvalue weighted by molar-refractivity contribution is -0.128. The van der Waals surface area contributed by atoms with E-state index in [0.717, 1.165) is 22.3 Å². The maximum absolute atomic E-state index is 13.8. The molecule has 0 aromatic heterocycles. The normalized spacial score (nSPS) is 28.9. The highest BCUT2D eigenvalue weighted by molar-refractivity contribution is 6.25. The van der Waals surface area contributed by atoms with Gasteiger partial charge in [0.2, 0.25) is 11.8 Å². The van der Waals surface area contributed by atoms with Crippen molar-refractivity contribution in [2.75, 3.05) is 4.90 Å². The van der Waals surface area contributed by atoms with Gasteiger partial charge < -0.3 is 5.11 Å². The van der Waals surface area contributed by atoms with E-state index in [4.69, 9.17) is 0 Å². The Morgan fingerprint density at radius 3 is 2.00 bits per heavy atom. The van der Waals surface area contributed by atoms with E-state index in [1.165, 1.54) is 11.0 Å². The second kappa shape index (κ2) is 5.35. The van der Waals surface area contributed by atoms with Crippen molar-refractivity contribution in [2.45, 2.75) is 18.8 Å². The van der Waals surface area contributed by atoms with E-state index in [1.54, 1.807) is 18.2 Å². The molecule has 4 nitrogen and oxygen atoms in total. The summed E-state index contributed by atoms with van der Waals surface area (Å²) in [6, 6.07) is 22.8. The van der Waals surface area contributed by atoms with E-state index < -0.39 is 11.3 Å². The number of carbonyl (C=O) groups excluding carboxylic acids is 2. The molecule has 0 radical (unpaired) electrons. The summed E-state index contributed by atoms with van der Waals surface area (Å²) in [4.78, 5) is 28.8. The topological polar surface area (TPSA) is 57.6 Å². The van der Waals surface area contributed by atoms with Gasteiger partial charge in [-0.05, 0) is 41.3 Å². The minimum atomic E-state index is -0.851. The average molecular weight is 381 g/mol. The number of imide groups is 1. The summed E-state index contributed by atoms with van der Waals surface area (Å²) >= 11 is 0. The molecule has 4 heteroatoms. The van der Waals surface area contributed by atoms with E-state index in [2.05, 4.69) is 24.3 Å². The van der Waals surface area contributed by atoms with Crippen LogP contribution < -0.4 is 4.90 Å².